The maximum absolute atomic E-state index is 5.64. The van der Waals surface area contributed by atoms with Crippen molar-refractivity contribution < 1.29 is 0 Å². The molecule has 0 bridgehead atoms. The highest BCUT2D eigenvalue weighted by molar-refractivity contribution is 7.09. The van der Waals surface area contributed by atoms with Gasteiger partial charge in [-0.1, -0.05) is 12.1 Å². The molecule has 2 aromatic heterocycles. The third-order valence-electron chi connectivity index (χ3n) is 2.69. The lowest BCUT2D eigenvalue weighted by Crippen LogP contribution is -2.31. The van der Waals surface area contributed by atoms with Crippen LogP contribution in [-0.4, -0.2) is 20.0 Å². The molecule has 1 unspecified atom stereocenters. The number of nitrogens with zero attached hydrogens (tertiary/aromatic N) is 4. The largest absolute Gasteiger partial charge is 0.271 e. The summed E-state index contributed by atoms with van der Waals surface area (Å²) in [5, 5.41) is 11.1. The molecule has 0 fully saturated rings. The average molecular weight is 266 g/mol. The maximum Gasteiger partial charge on any atom is 0.0948 e. The Labute approximate surface area is 110 Å². The number of aromatic nitrogens is 4. The summed E-state index contributed by atoms with van der Waals surface area (Å²) in [7, 11) is 0. The van der Waals surface area contributed by atoms with Crippen LogP contribution >= 0.6 is 11.3 Å². The van der Waals surface area contributed by atoms with Gasteiger partial charge in [0, 0.05) is 24.0 Å². The van der Waals surface area contributed by atoms with Gasteiger partial charge in [0.1, 0.15) is 0 Å². The van der Waals surface area contributed by atoms with Crippen LogP contribution in [0.5, 0.6) is 0 Å². The number of rotatable bonds is 6. The lowest BCUT2D eigenvalue weighted by molar-refractivity contribution is 0.473. The standard InChI is InChI=1S/C11H18N6S/c1-3-4-17-10(6-13-16-17)9(15-12)5-11-14-8(2)7-18-11/h6-7,9,15H,3-5,12H2,1-2H3. The van der Waals surface area contributed by atoms with Crippen molar-refractivity contribution in [2.45, 2.75) is 39.3 Å². The smallest absolute Gasteiger partial charge is 0.0948 e. The van der Waals surface area contributed by atoms with Crippen molar-refractivity contribution in [2.75, 3.05) is 0 Å². The molecule has 2 rings (SSSR count). The Morgan fingerprint density at radius 3 is 3.00 bits per heavy atom. The summed E-state index contributed by atoms with van der Waals surface area (Å²) in [4.78, 5) is 4.46. The van der Waals surface area contributed by atoms with E-state index in [-0.39, 0.29) is 6.04 Å². The molecule has 0 aliphatic heterocycles. The number of nitrogens with two attached hydrogens (primary N) is 1. The van der Waals surface area contributed by atoms with Gasteiger partial charge in [0.05, 0.1) is 22.9 Å². The Bertz CT molecular complexity index is 491. The van der Waals surface area contributed by atoms with E-state index in [1.165, 1.54) is 0 Å². The van der Waals surface area contributed by atoms with Crippen LogP contribution in [0.1, 0.15) is 35.8 Å². The van der Waals surface area contributed by atoms with E-state index in [0.29, 0.717) is 0 Å². The van der Waals surface area contributed by atoms with Crippen molar-refractivity contribution in [3.05, 3.63) is 28.0 Å². The Morgan fingerprint density at radius 1 is 1.56 bits per heavy atom. The van der Waals surface area contributed by atoms with Crippen molar-refractivity contribution in [1.82, 2.24) is 25.4 Å². The van der Waals surface area contributed by atoms with Gasteiger partial charge in [-0.05, 0) is 13.3 Å². The fraction of sp³-hybridized carbons (Fsp3) is 0.545. The molecule has 2 aromatic rings. The van der Waals surface area contributed by atoms with Gasteiger partial charge in [-0.15, -0.1) is 16.4 Å². The summed E-state index contributed by atoms with van der Waals surface area (Å²) >= 11 is 1.65. The number of hydrogen-bond acceptors (Lipinski definition) is 6. The third kappa shape index (κ3) is 2.92. The summed E-state index contributed by atoms with van der Waals surface area (Å²) in [5.41, 5.74) is 4.88. The molecule has 98 valence electrons. The van der Waals surface area contributed by atoms with Crippen molar-refractivity contribution in [3.8, 4) is 0 Å². The normalized spacial score (nSPS) is 12.8. The lowest BCUT2D eigenvalue weighted by Gasteiger charge is -2.15. The Kier molecular flexibility index (Phi) is 4.40. The molecular formula is C11H18N6S. The van der Waals surface area contributed by atoms with Crippen LogP contribution < -0.4 is 11.3 Å². The molecule has 0 saturated heterocycles. The quantitative estimate of drug-likeness (QED) is 0.606. The summed E-state index contributed by atoms with van der Waals surface area (Å²) in [5.74, 6) is 5.64. The topological polar surface area (TPSA) is 81.7 Å². The van der Waals surface area contributed by atoms with Crippen LogP contribution in [0.4, 0.5) is 0 Å². The second-order valence-electron chi connectivity index (χ2n) is 4.19. The van der Waals surface area contributed by atoms with Crippen LogP contribution in [0.25, 0.3) is 0 Å². The van der Waals surface area contributed by atoms with Crippen molar-refractivity contribution in [2.24, 2.45) is 5.84 Å². The highest BCUT2D eigenvalue weighted by atomic mass is 32.1. The van der Waals surface area contributed by atoms with E-state index in [1.807, 2.05) is 17.0 Å². The molecule has 18 heavy (non-hydrogen) atoms. The van der Waals surface area contributed by atoms with Gasteiger partial charge in [0.15, 0.2) is 0 Å². The Hall–Kier alpha value is -1.31. The van der Waals surface area contributed by atoms with Gasteiger partial charge < -0.3 is 0 Å². The van der Waals surface area contributed by atoms with E-state index in [9.17, 15) is 0 Å². The first kappa shape index (κ1) is 13.1. The van der Waals surface area contributed by atoms with Crippen LogP contribution in [0.3, 0.4) is 0 Å². The number of nitrogens with one attached hydrogen (secondary N) is 1. The molecule has 0 aliphatic carbocycles. The van der Waals surface area contributed by atoms with E-state index in [0.717, 1.165) is 35.8 Å². The van der Waals surface area contributed by atoms with Crippen LogP contribution in [-0.2, 0) is 13.0 Å². The fourth-order valence-corrected chi connectivity index (χ4v) is 2.66. The molecule has 0 saturated carbocycles. The molecule has 7 heteroatoms. The van der Waals surface area contributed by atoms with Gasteiger partial charge in [-0.25, -0.2) is 9.67 Å². The minimum Gasteiger partial charge on any atom is -0.271 e. The van der Waals surface area contributed by atoms with Crippen LogP contribution in [0, 0.1) is 6.92 Å². The number of hydrogen-bond donors (Lipinski definition) is 2. The first-order chi connectivity index (χ1) is 8.74. The SMILES string of the molecule is CCCn1nncc1C(Cc1nc(C)cs1)NN. The molecule has 0 amide bonds. The summed E-state index contributed by atoms with van der Waals surface area (Å²) < 4.78 is 1.89. The molecule has 0 spiro atoms. The molecule has 2 heterocycles. The van der Waals surface area contributed by atoms with Crippen molar-refractivity contribution in [1.29, 1.82) is 0 Å². The van der Waals surface area contributed by atoms with Gasteiger partial charge >= 0.3 is 0 Å². The fourth-order valence-electron chi connectivity index (χ4n) is 1.84. The molecule has 0 radical (unpaired) electrons. The van der Waals surface area contributed by atoms with E-state index in [2.05, 4.69) is 27.6 Å². The summed E-state index contributed by atoms with van der Waals surface area (Å²) in [6.07, 6.45) is 3.54. The van der Waals surface area contributed by atoms with Crippen molar-refractivity contribution in [3.63, 3.8) is 0 Å². The number of aryl methyl sites for hydroxylation is 2. The molecule has 0 aromatic carbocycles. The van der Waals surface area contributed by atoms with E-state index < -0.39 is 0 Å². The zero-order chi connectivity index (χ0) is 13.0. The number of thiazole rings is 1. The van der Waals surface area contributed by atoms with Crippen LogP contribution in [0.15, 0.2) is 11.6 Å². The van der Waals surface area contributed by atoms with Gasteiger partial charge in [0.2, 0.25) is 0 Å². The van der Waals surface area contributed by atoms with E-state index in [4.69, 9.17) is 5.84 Å². The maximum atomic E-state index is 5.64. The molecular weight excluding hydrogens is 248 g/mol. The second kappa shape index (κ2) is 6.03. The molecule has 1 atom stereocenters. The van der Waals surface area contributed by atoms with Gasteiger partial charge in [0.25, 0.3) is 0 Å². The first-order valence-corrected chi connectivity index (χ1v) is 6.88. The number of hydrazine groups is 1. The summed E-state index contributed by atoms with van der Waals surface area (Å²) in [6.45, 7) is 4.96. The Morgan fingerprint density at radius 2 is 2.39 bits per heavy atom. The third-order valence-corrected chi connectivity index (χ3v) is 3.68. The lowest BCUT2D eigenvalue weighted by atomic mass is 10.1. The zero-order valence-corrected chi connectivity index (χ0v) is 11.4. The summed E-state index contributed by atoms with van der Waals surface area (Å²) in [6, 6.07) is -0.00269. The zero-order valence-electron chi connectivity index (χ0n) is 10.6. The molecule has 0 aliphatic rings. The van der Waals surface area contributed by atoms with Crippen LogP contribution in [0.2, 0.25) is 0 Å². The predicted molar refractivity (Wildman–Crippen MR) is 70.9 cm³/mol. The average Bonchev–Trinajstić information content (AvgIpc) is 2.96. The van der Waals surface area contributed by atoms with E-state index in [1.54, 1.807) is 17.5 Å². The minimum atomic E-state index is -0.00269. The van der Waals surface area contributed by atoms with Gasteiger partial charge in [-0.3, -0.25) is 11.3 Å². The predicted octanol–water partition coefficient (Wildman–Crippen LogP) is 1.20. The van der Waals surface area contributed by atoms with Gasteiger partial charge in [-0.2, -0.15) is 0 Å². The Balaban J connectivity index is 2.14. The highest BCUT2D eigenvalue weighted by Gasteiger charge is 2.17. The highest BCUT2D eigenvalue weighted by Crippen LogP contribution is 2.19. The monoisotopic (exact) mass is 266 g/mol. The minimum absolute atomic E-state index is 0.00269. The van der Waals surface area contributed by atoms with E-state index >= 15 is 0 Å². The molecule has 6 nitrogen and oxygen atoms in total. The molecule has 3 N–H and O–H groups in total. The second-order valence-corrected chi connectivity index (χ2v) is 5.13. The van der Waals surface area contributed by atoms with Crippen molar-refractivity contribution >= 4 is 11.3 Å². The first-order valence-electron chi connectivity index (χ1n) is 6.00.